The first-order chi connectivity index (χ1) is 10.1. The average Bonchev–Trinajstić information content (AvgIpc) is 2.71. The zero-order chi connectivity index (χ0) is 14.8. The minimum atomic E-state index is 0.00144. The van der Waals surface area contributed by atoms with Gasteiger partial charge in [-0.15, -0.1) is 0 Å². The lowest BCUT2D eigenvalue weighted by Gasteiger charge is -2.20. The highest BCUT2D eigenvalue weighted by molar-refractivity contribution is 5.99. The molecule has 1 amide bonds. The van der Waals surface area contributed by atoms with Crippen LogP contribution in [0.15, 0.2) is 30.3 Å². The lowest BCUT2D eigenvalue weighted by molar-refractivity contribution is 0.0755. The summed E-state index contributed by atoms with van der Waals surface area (Å²) in [7, 11) is 0. The zero-order valence-electron chi connectivity index (χ0n) is 12.4. The maximum atomic E-state index is 12.7. The highest BCUT2D eigenvalue weighted by Gasteiger charge is 2.21. The summed E-state index contributed by atoms with van der Waals surface area (Å²) in [5, 5.41) is 0.901. The normalized spacial score (nSPS) is 19.5. The second-order valence-corrected chi connectivity index (χ2v) is 5.94. The van der Waals surface area contributed by atoms with E-state index in [9.17, 15) is 4.79 Å². The van der Waals surface area contributed by atoms with Crippen LogP contribution >= 0.6 is 0 Å². The number of hydrogen-bond acceptors (Lipinski definition) is 3. The Kier molecular flexibility index (Phi) is 3.78. The molecular weight excluding hydrogens is 262 g/mol. The number of carbonyl (C=O) groups is 1. The molecule has 4 nitrogen and oxygen atoms in total. The molecule has 1 aromatic carbocycles. The predicted molar refractivity (Wildman–Crippen MR) is 85.1 cm³/mol. The van der Waals surface area contributed by atoms with Gasteiger partial charge in [-0.3, -0.25) is 4.79 Å². The van der Waals surface area contributed by atoms with Gasteiger partial charge in [0.2, 0.25) is 0 Å². The number of nitrogens with two attached hydrogens (primary N) is 1. The molecular formula is C17H21N3O. The number of hydrogen-bond donors (Lipinski definition) is 1. The standard InChI is InChI=1S/C17H21N3O/c1-12-5-4-9-20(10-8-12)17(21)16-11-14(18)13-6-2-3-7-15(13)19-16/h2-3,6-7,11-12H,4-5,8-10H2,1H3,(H2,18,19). The van der Waals surface area contributed by atoms with E-state index in [1.165, 1.54) is 6.42 Å². The molecule has 2 aromatic rings. The van der Waals surface area contributed by atoms with Crippen molar-refractivity contribution in [3.8, 4) is 0 Å². The van der Waals surface area contributed by atoms with Crippen molar-refractivity contribution >= 4 is 22.5 Å². The molecule has 110 valence electrons. The summed E-state index contributed by atoms with van der Waals surface area (Å²) in [6, 6.07) is 9.38. The van der Waals surface area contributed by atoms with Gasteiger partial charge in [0.25, 0.3) is 5.91 Å². The number of nitrogen functional groups attached to an aromatic ring is 1. The van der Waals surface area contributed by atoms with Crippen LogP contribution in [0.4, 0.5) is 5.69 Å². The van der Waals surface area contributed by atoms with Gasteiger partial charge in [0.15, 0.2) is 0 Å². The number of rotatable bonds is 1. The summed E-state index contributed by atoms with van der Waals surface area (Å²) >= 11 is 0. The van der Waals surface area contributed by atoms with Crippen LogP contribution < -0.4 is 5.73 Å². The Morgan fingerprint density at radius 1 is 1.29 bits per heavy atom. The molecule has 0 spiro atoms. The van der Waals surface area contributed by atoms with Gasteiger partial charge in [-0.05, 0) is 37.3 Å². The van der Waals surface area contributed by atoms with Crippen molar-refractivity contribution in [2.45, 2.75) is 26.2 Å². The molecule has 3 rings (SSSR count). The first kappa shape index (κ1) is 13.9. The fourth-order valence-electron chi connectivity index (χ4n) is 2.94. The van der Waals surface area contributed by atoms with E-state index < -0.39 is 0 Å². The lowest BCUT2D eigenvalue weighted by Crippen LogP contribution is -2.32. The van der Waals surface area contributed by atoms with E-state index in [2.05, 4.69) is 11.9 Å². The van der Waals surface area contributed by atoms with Crippen LogP contribution in [0.2, 0.25) is 0 Å². The smallest absolute Gasteiger partial charge is 0.272 e. The van der Waals surface area contributed by atoms with Crippen LogP contribution in [0.25, 0.3) is 10.9 Å². The van der Waals surface area contributed by atoms with Crippen LogP contribution in [0.5, 0.6) is 0 Å². The second-order valence-electron chi connectivity index (χ2n) is 5.94. The highest BCUT2D eigenvalue weighted by Crippen LogP contribution is 2.22. The van der Waals surface area contributed by atoms with E-state index in [-0.39, 0.29) is 5.91 Å². The van der Waals surface area contributed by atoms with Crippen molar-refractivity contribution in [1.29, 1.82) is 0 Å². The Morgan fingerprint density at radius 3 is 2.95 bits per heavy atom. The van der Waals surface area contributed by atoms with E-state index in [1.54, 1.807) is 6.07 Å². The van der Waals surface area contributed by atoms with Crippen LogP contribution in [-0.4, -0.2) is 28.9 Å². The third-order valence-corrected chi connectivity index (χ3v) is 4.27. The Hall–Kier alpha value is -2.10. The second kappa shape index (κ2) is 5.72. The Labute approximate surface area is 125 Å². The maximum absolute atomic E-state index is 12.7. The number of aromatic nitrogens is 1. The molecule has 1 unspecified atom stereocenters. The Balaban J connectivity index is 1.90. The molecule has 0 aliphatic carbocycles. The molecule has 1 aliphatic heterocycles. The number of carbonyl (C=O) groups excluding carboxylic acids is 1. The number of pyridine rings is 1. The summed E-state index contributed by atoms with van der Waals surface area (Å²) < 4.78 is 0. The SMILES string of the molecule is CC1CCCN(C(=O)c2cc(N)c3ccccc3n2)CC1. The lowest BCUT2D eigenvalue weighted by atomic mass is 10.0. The van der Waals surface area contributed by atoms with Gasteiger partial charge in [0.05, 0.1) is 5.52 Å². The predicted octanol–water partition coefficient (Wildman–Crippen LogP) is 3.08. The molecule has 1 aliphatic rings. The van der Waals surface area contributed by atoms with E-state index >= 15 is 0 Å². The minimum Gasteiger partial charge on any atom is -0.398 e. The Bertz CT molecular complexity index is 668. The largest absolute Gasteiger partial charge is 0.398 e. The third kappa shape index (κ3) is 2.84. The first-order valence-corrected chi connectivity index (χ1v) is 7.59. The maximum Gasteiger partial charge on any atom is 0.272 e. The number of nitrogens with zero attached hydrogens (tertiary/aromatic N) is 2. The van der Waals surface area contributed by atoms with Gasteiger partial charge in [-0.1, -0.05) is 25.1 Å². The monoisotopic (exact) mass is 283 g/mol. The molecule has 1 fully saturated rings. The number of anilines is 1. The van der Waals surface area contributed by atoms with Crippen molar-refractivity contribution in [1.82, 2.24) is 9.88 Å². The molecule has 1 saturated heterocycles. The Morgan fingerprint density at radius 2 is 2.10 bits per heavy atom. The van der Waals surface area contributed by atoms with Gasteiger partial charge in [0, 0.05) is 24.2 Å². The molecule has 0 radical (unpaired) electrons. The summed E-state index contributed by atoms with van der Waals surface area (Å²) in [4.78, 5) is 19.1. The van der Waals surface area contributed by atoms with Crippen molar-refractivity contribution in [2.24, 2.45) is 5.92 Å². The van der Waals surface area contributed by atoms with Gasteiger partial charge in [0.1, 0.15) is 5.69 Å². The quantitative estimate of drug-likeness (QED) is 0.875. The summed E-state index contributed by atoms with van der Waals surface area (Å²) in [6.45, 7) is 3.88. The van der Waals surface area contributed by atoms with E-state index in [0.29, 0.717) is 17.3 Å². The number of benzene rings is 1. The van der Waals surface area contributed by atoms with Crippen molar-refractivity contribution in [2.75, 3.05) is 18.8 Å². The zero-order valence-corrected chi connectivity index (χ0v) is 12.4. The summed E-state index contributed by atoms with van der Waals surface area (Å²) in [5.41, 5.74) is 7.92. The number of amides is 1. The fourth-order valence-corrected chi connectivity index (χ4v) is 2.94. The van der Waals surface area contributed by atoms with Crippen LogP contribution in [0.1, 0.15) is 36.7 Å². The molecule has 2 N–H and O–H groups in total. The molecule has 2 heterocycles. The molecule has 21 heavy (non-hydrogen) atoms. The molecule has 1 atom stereocenters. The average molecular weight is 283 g/mol. The number of fused-ring (bicyclic) bond motifs is 1. The van der Waals surface area contributed by atoms with E-state index in [4.69, 9.17) is 5.73 Å². The van der Waals surface area contributed by atoms with Gasteiger partial charge in [-0.25, -0.2) is 4.98 Å². The van der Waals surface area contributed by atoms with Crippen molar-refractivity contribution < 1.29 is 4.79 Å². The van der Waals surface area contributed by atoms with Crippen LogP contribution in [-0.2, 0) is 0 Å². The fraction of sp³-hybridized carbons (Fsp3) is 0.412. The van der Waals surface area contributed by atoms with E-state index in [1.807, 2.05) is 29.2 Å². The van der Waals surface area contributed by atoms with E-state index in [0.717, 1.165) is 36.8 Å². The molecule has 1 aromatic heterocycles. The number of para-hydroxylation sites is 1. The first-order valence-electron chi connectivity index (χ1n) is 7.59. The van der Waals surface area contributed by atoms with Gasteiger partial charge < -0.3 is 10.6 Å². The van der Waals surface area contributed by atoms with Gasteiger partial charge >= 0.3 is 0 Å². The molecule has 4 heteroatoms. The molecule has 0 bridgehead atoms. The van der Waals surface area contributed by atoms with Crippen LogP contribution in [0, 0.1) is 5.92 Å². The van der Waals surface area contributed by atoms with Crippen LogP contribution in [0.3, 0.4) is 0 Å². The summed E-state index contributed by atoms with van der Waals surface area (Å²) in [5.74, 6) is 0.694. The number of likely N-dealkylation sites (tertiary alicyclic amines) is 1. The third-order valence-electron chi connectivity index (χ3n) is 4.27. The molecule has 0 saturated carbocycles. The van der Waals surface area contributed by atoms with Gasteiger partial charge in [-0.2, -0.15) is 0 Å². The minimum absolute atomic E-state index is 0.00144. The topological polar surface area (TPSA) is 59.2 Å². The van der Waals surface area contributed by atoms with Crippen molar-refractivity contribution in [3.63, 3.8) is 0 Å². The summed E-state index contributed by atoms with van der Waals surface area (Å²) in [6.07, 6.45) is 3.32. The van der Waals surface area contributed by atoms with Crippen molar-refractivity contribution in [3.05, 3.63) is 36.0 Å². The highest BCUT2D eigenvalue weighted by atomic mass is 16.2.